The Morgan fingerprint density at radius 1 is 1.14 bits per heavy atom. The summed E-state index contributed by atoms with van der Waals surface area (Å²) in [5.74, 6) is 0.726. The van der Waals surface area contributed by atoms with Crippen LogP contribution in [0.4, 0.5) is 0 Å². The van der Waals surface area contributed by atoms with Crippen molar-refractivity contribution in [3.63, 3.8) is 0 Å². The van der Waals surface area contributed by atoms with Gasteiger partial charge in [-0.1, -0.05) is 30.3 Å². The summed E-state index contributed by atoms with van der Waals surface area (Å²) in [7, 11) is 0. The monoisotopic (exact) mass is 191 g/mol. The summed E-state index contributed by atoms with van der Waals surface area (Å²) in [6.45, 7) is 0. The van der Waals surface area contributed by atoms with Crippen molar-refractivity contribution in [1.29, 1.82) is 0 Å². The van der Waals surface area contributed by atoms with Crippen molar-refractivity contribution in [3.05, 3.63) is 35.9 Å². The molecule has 0 aromatic heterocycles. The molecule has 0 saturated heterocycles. The van der Waals surface area contributed by atoms with Crippen molar-refractivity contribution in [2.24, 2.45) is 16.5 Å². The molecule has 0 radical (unpaired) electrons. The fourth-order valence-corrected chi connectivity index (χ4v) is 1.34. The van der Waals surface area contributed by atoms with E-state index in [2.05, 4.69) is 15.6 Å². The van der Waals surface area contributed by atoms with E-state index in [0.717, 1.165) is 11.4 Å². The van der Waals surface area contributed by atoms with Gasteiger partial charge in [0.15, 0.2) is 6.29 Å². The largest absolute Gasteiger partial charge is 0.342 e. The Hall–Kier alpha value is -1.43. The van der Waals surface area contributed by atoms with Gasteiger partial charge in [0.2, 0.25) is 0 Å². The quantitative estimate of drug-likeness (QED) is 0.463. The number of rotatable bonds is 1. The molecule has 2 unspecified atom stereocenters. The highest BCUT2D eigenvalue weighted by atomic mass is 15.4. The molecule has 0 spiro atoms. The normalized spacial score (nSPS) is 26.6. The summed E-state index contributed by atoms with van der Waals surface area (Å²) in [6.07, 6.45) is -0.792. The first-order valence-corrected chi connectivity index (χ1v) is 4.43. The minimum Gasteiger partial charge on any atom is -0.342 e. The molecule has 6 N–H and O–H groups in total. The molecule has 5 nitrogen and oxygen atoms in total. The van der Waals surface area contributed by atoms with Gasteiger partial charge in [0.25, 0.3) is 0 Å². The van der Waals surface area contributed by atoms with E-state index < -0.39 is 6.29 Å². The molecule has 5 heteroatoms. The van der Waals surface area contributed by atoms with Crippen LogP contribution in [0.2, 0.25) is 0 Å². The van der Waals surface area contributed by atoms with Gasteiger partial charge in [-0.3, -0.25) is 16.8 Å². The molecule has 0 saturated carbocycles. The van der Waals surface area contributed by atoms with Crippen LogP contribution in [0, 0.1) is 0 Å². The van der Waals surface area contributed by atoms with Crippen LogP contribution in [0.1, 0.15) is 5.56 Å². The number of hydrogen-bond donors (Lipinski definition) is 4. The molecule has 2 atom stereocenters. The third-order valence-corrected chi connectivity index (χ3v) is 1.96. The lowest BCUT2D eigenvalue weighted by Gasteiger charge is -2.26. The standard InChI is InChI=1S/C9H13N5/c10-8-12-7(13-9(11)14-8)6-4-2-1-3-5-6/h1-5,8-9,14H,10-11H2,(H,12,13). The van der Waals surface area contributed by atoms with Crippen molar-refractivity contribution in [1.82, 2.24) is 10.6 Å². The first-order valence-electron chi connectivity index (χ1n) is 4.43. The lowest BCUT2D eigenvalue weighted by Crippen LogP contribution is -2.61. The molecule has 1 aromatic carbocycles. The van der Waals surface area contributed by atoms with E-state index in [1.165, 1.54) is 0 Å². The third kappa shape index (κ3) is 1.90. The van der Waals surface area contributed by atoms with E-state index in [1.807, 2.05) is 30.3 Å². The summed E-state index contributed by atoms with van der Waals surface area (Å²) < 4.78 is 0. The minimum atomic E-state index is -0.443. The average Bonchev–Trinajstić information content (AvgIpc) is 2.18. The maximum atomic E-state index is 5.67. The van der Waals surface area contributed by atoms with Gasteiger partial charge in [0, 0.05) is 5.56 Å². The van der Waals surface area contributed by atoms with Crippen LogP contribution < -0.4 is 22.1 Å². The predicted molar refractivity (Wildman–Crippen MR) is 55.2 cm³/mol. The molecule has 74 valence electrons. The average molecular weight is 191 g/mol. The van der Waals surface area contributed by atoms with E-state index in [0.29, 0.717) is 0 Å². The molecule has 0 bridgehead atoms. The molecule has 0 fully saturated rings. The number of nitrogens with one attached hydrogen (secondary N) is 2. The number of nitrogens with two attached hydrogens (primary N) is 2. The van der Waals surface area contributed by atoms with Gasteiger partial charge in [-0.15, -0.1) is 0 Å². The zero-order valence-corrected chi connectivity index (χ0v) is 7.64. The van der Waals surface area contributed by atoms with Gasteiger partial charge >= 0.3 is 0 Å². The fourth-order valence-electron chi connectivity index (χ4n) is 1.34. The van der Waals surface area contributed by atoms with E-state index in [4.69, 9.17) is 11.5 Å². The number of nitrogens with zero attached hydrogens (tertiary/aromatic N) is 1. The maximum Gasteiger partial charge on any atom is 0.155 e. The molecule has 1 aliphatic heterocycles. The van der Waals surface area contributed by atoms with Crippen LogP contribution in [-0.2, 0) is 0 Å². The summed E-state index contributed by atoms with van der Waals surface area (Å²) in [5.41, 5.74) is 12.3. The molecule has 0 aliphatic carbocycles. The molecular formula is C9H13N5. The van der Waals surface area contributed by atoms with E-state index in [9.17, 15) is 0 Å². The predicted octanol–water partition coefficient (Wildman–Crippen LogP) is -0.889. The lowest BCUT2D eigenvalue weighted by molar-refractivity contribution is 0.406. The maximum absolute atomic E-state index is 5.67. The molecule has 14 heavy (non-hydrogen) atoms. The van der Waals surface area contributed by atoms with Gasteiger partial charge in [0.05, 0.1) is 0 Å². The number of aliphatic imine (C=N–C) groups is 1. The second-order valence-corrected chi connectivity index (χ2v) is 3.08. The molecule has 1 aliphatic rings. The second-order valence-electron chi connectivity index (χ2n) is 3.08. The van der Waals surface area contributed by atoms with Gasteiger partial charge in [-0.2, -0.15) is 0 Å². The van der Waals surface area contributed by atoms with Gasteiger partial charge in [-0.25, -0.2) is 4.99 Å². The first-order chi connectivity index (χ1) is 6.75. The van der Waals surface area contributed by atoms with Crippen LogP contribution in [0.3, 0.4) is 0 Å². The summed E-state index contributed by atoms with van der Waals surface area (Å²) in [6, 6.07) is 9.75. The molecule has 1 heterocycles. The zero-order valence-electron chi connectivity index (χ0n) is 7.64. The van der Waals surface area contributed by atoms with Crippen molar-refractivity contribution >= 4 is 5.84 Å². The molecule has 2 rings (SSSR count). The Balaban J connectivity index is 2.26. The highest BCUT2D eigenvalue weighted by Gasteiger charge is 2.16. The van der Waals surface area contributed by atoms with Crippen LogP contribution in [0.15, 0.2) is 35.3 Å². The number of benzene rings is 1. The smallest absolute Gasteiger partial charge is 0.155 e. The lowest BCUT2D eigenvalue weighted by atomic mass is 10.2. The van der Waals surface area contributed by atoms with E-state index >= 15 is 0 Å². The Morgan fingerprint density at radius 2 is 1.86 bits per heavy atom. The second kappa shape index (κ2) is 3.75. The van der Waals surface area contributed by atoms with Crippen LogP contribution in [-0.4, -0.2) is 18.4 Å². The van der Waals surface area contributed by atoms with Gasteiger partial charge < -0.3 is 5.32 Å². The van der Waals surface area contributed by atoms with Gasteiger partial charge in [-0.05, 0) is 0 Å². The molecule has 1 aromatic rings. The summed E-state index contributed by atoms with van der Waals surface area (Å²) in [4.78, 5) is 4.20. The fraction of sp³-hybridized carbons (Fsp3) is 0.222. The van der Waals surface area contributed by atoms with Gasteiger partial charge in [0.1, 0.15) is 12.1 Å². The van der Waals surface area contributed by atoms with Crippen molar-refractivity contribution < 1.29 is 0 Å². The highest BCUT2D eigenvalue weighted by Crippen LogP contribution is 2.02. The van der Waals surface area contributed by atoms with Crippen molar-refractivity contribution in [2.75, 3.05) is 0 Å². The Labute approximate surface area is 82.2 Å². The Kier molecular flexibility index (Phi) is 2.45. The van der Waals surface area contributed by atoms with E-state index in [-0.39, 0.29) is 6.29 Å². The Morgan fingerprint density at radius 3 is 2.50 bits per heavy atom. The highest BCUT2D eigenvalue weighted by molar-refractivity contribution is 5.99. The topological polar surface area (TPSA) is 88.5 Å². The van der Waals surface area contributed by atoms with Crippen molar-refractivity contribution in [3.8, 4) is 0 Å². The van der Waals surface area contributed by atoms with Crippen LogP contribution in [0.25, 0.3) is 0 Å². The van der Waals surface area contributed by atoms with Crippen LogP contribution in [0.5, 0.6) is 0 Å². The summed E-state index contributed by atoms with van der Waals surface area (Å²) in [5, 5.41) is 5.84. The minimum absolute atomic E-state index is 0.349. The number of amidine groups is 1. The van der Waals surface area contributed by atoms with E-state index in [1.54, 1.807) is 0 Å². The number of hydrogen-bond acceptors (Lipinski definition) is 5. The molecule has 0 amide bonds. The van der Waals surface area contributed by atoms with Crippen LogP contribution >= 0.6 is 0 Å². The third-order valence-electron chi connectivity index (χ3n) is 1.96. The Bertz CT molecular complexity index is 334. The zero-order chi connectivity index (χ0) is 9.97. The first kappa shape index (κ1) is 9.14. The van der Waals surface area contributed by atoms with Crippen molar-refractivity contribution in [2.45, 2.75) is 12.6 Å². The molecular weight excluding hydrogens is 178 g/mol. The summed E-state index contributed by atoms with van der Waals surface area (Å²) >= 11 is 0. The SMILES string of the molecule is NC1N=C(c2ccccc2)NC(N)N1.